The van der Waals surface area contributed by atoms with Gasteiger partial charge in [-0.1, -0.05) is 6.92 Å². The first-order valence-electron chi connectivity index (χ1n) is 8.20. The summed E-state index contributed by atoms with van der Waals surface area (Å²) in [6.45, 7) is 5.39. The van der Waals surface area contributed by atoms with Gasteiger partial charge in [0, 0.05) is 36.3 Å². The summed E-state index contributed by atoms with van der Waals surface area (Å²) in [7, 11) is 0. The van der Waals surface area contributed by atoms with Gasteiger partial charge < -0.3 is 10.2 Å². The lowest BCUT2D eigenvalue weighted by atomic mass is 9.88. The highest BCUT2D eigenvalue weighted by Gasteiger charge is 2.26. The van der Waals surface area contributed by atoms with Crippen LogP contribution in [-0.4, -0.2) is 35.8 Å². The summed E-state index contributed by atoms with van der Waals surface area (Å²) in [5, 5.41) is 5.20. The molecule has 1 aromatic rings. The minimum Gasteiger partial charge on any atom is -0.349 e. The van der Waals surface area contributed by atoms with Gasteiger partial charge in [-0.05, 0) is 43.6 Å². The maximum Gasteiger partial charge on any atom is 0.252 e. The van der Waals surface area contributed by atoms with Crippen LogP contribution in [0.1, 0.15) is 53.9 Å². The van der Waals surface area contributed by atoms with E-state index in [1.807, 2.05) is 10.3 Å². The van der Waals surface area contributed by atoms with Crippen molar-refractivity contribution in [2.45, 2.75) is 52.0 Å². The second-order valence-electron chi connectivity index (χ2n) is 6.65. The van der Waals surface area contributed by atoms with Crippen LogP contribution in [0.5, 0.6) is 0 Å². The molecule has 0 unspecified atom stereocenters. The molecule has 1 aromatic heterocycles. The first kappa shape index (κ1) is 15.5. The number of fused-ring (bicyclic) bond motifs is 1. The minimum absolute atomic E-state index is 0.0772. The molecule has 120 valence electrons. The van der Waals surface area contributed by atoms with Gasteiger partial charge in [-0.3, -0.25) is 9.59 Å². The zero-order valence-corrected chi connectivity index (χ0v) is 14.2. The Labute approximate surface area is 135 Å². The molecule has 5 heteroatoms. The number of amides is 2. The van der Waals surface area contributed by atoms with Crippen LogP contribution in [0.2, 0.25) is 0 Å². The maximum absolute atomic E-state index is 12.6. The number of carbonyl (C=O) groups is 2. The van der Waals surface area contributed by atoms with Crippen molar-refractivity contribution in [3.8, 4) is 0 Å². The Morgan fingerprint density at radius 3 is 2.68 bits per heavy atom. The van der Waals surface area contributed by atoms with Crippen LogP contribution in [0.15, 0.2) is 5.38 Å². The molecule has 0 bridgehead atoms. The molecular weight excluding hydrogens is 296 g/mol. The second-order valence-corrected chi connectivity index (χ2v) is 7.62. The first-order valence-corrected chi connectivity index (χ1v) is 9.08. The van der Waals surface area contributed by atoms with Crippen molar-refractivity contribution in [2.24, 2.45) is 5.92 Å². The third-order valence-electron chi connectivity index (χ3n) is 4.92. The zero-order valence-electron chi connectivity index (χ0n) is 13.4. The van der Waals surface area contributed by atoms with Crippen molar-refractivity contribution in [1.82, 2.24) is 10.2 Å². The van der Waals surface area contributed by atoms with Gasteiger partial charge in [0.1, 0.15) is 0 Å². The predicted octanol–water partition coefficient (Wildman–Crippen LogP) is 2.61. The molecule has 0 aromatic carbocycles. The molecule has 2 amide bonds. The number of hydrogen-bond acceptors (Lipinski definition) is 3. The summed E-state index contributed by atoms with van der Waals surface area (Å²) in [5.74, 6) is 0.942. The molecule has 1 atom stereocenters. The van der Waals surface area contributed by atoms with E-state index in [0.29, 0.717) is 0 Å². The van der Waals surface area contributed by atoms with Crippen LogP contribution in [0.25, 0.3) is 0 Å². The Morgan fingerprint density at radius 2 is 2.00 bits per heavy atom. The molecule has 1 N–H and O–H groups in total. The van der Waals surface area contributed by atoms with Crippen molar-refractivity contribution >= 4 is 23.2 Å². The van der Waals surface area contributed by atoms with Gasteiger partial charge in [-0.2, -0.15) is 0 Å². The van der Waals surface area contributed by atoms with Crippen molar-refractivity contribution in [3.05, 3.63) is 21.4 Å². The van der Waals surface area contributed by atoms with Gasteiger partial charge in [-0.25, -0.2) is 0 Å². The highest BCUT2D eigenvalue weighted by Crippen LogP contribution is 2.32. The Bertz CT molecular complexity index is 573. The second kappa shape index (κ2) is 6.41. The molecule has 0 spiro atoms. The molecule has 0 radical (unpaired) electrons. The van der Waals surface area contributed by atoms with Gasteiger partial charge in [0.2, 0.25) is 5.91 Å². The van der Waals surface area contributed by atoms with Crippen molar-refractivity contribution in [3.63, 3.8) is 0 Å². The van der Waals surface area contributed by atoms with E-state index in [4.69, 9.17) is 0 Å². The number of piperidine rings is 1. The molecule has 1 aliphatic carbocycles. The van der Waals surface area contributed by atoms with E-state index in [-0.39, 0.29) is 17.9 Å². The van der Waals surface area contributed by atoms with E-state index in [1.54, 1.807) is 18.3 Å². The van der Waals surface area contributed by atoms with E-state index in [0.717, 1.165) is 50.3 Å². The van der Waals surface area contributed by atoms with Crippen molar-refractivity contribution in [1.29, 1.82) is 0 Å². The number of rotatable bonds is 2. The van der Waals surface area contributed by atoms with Gasteiger partial charge in [-0.15, -0.1) is 11.3 Å². The number of nitrogens with zero attached hydrogens (tertiary/aromatic N) is 1. The number of likely N-dealkylation sites (tertiary alicyclic amines) is 1. The van der Waals surface area contributed by atoms with Crippen molar-refractivity contribution < 1.29 is 9.59 Å². The van der Waals surface area contributed by atoms with Gasteiger partial charge >= 0.3 is 0 Å². The minimum atomic E-state index is 0.0772. The Kier molecular flexibility index (Phi) is 4.52. The van der Waals surface area contributed by atoms with Crippen LogP contribution >= 0.6 is 11.3 Å². The smallest absolute Gasteiger partial charge is 0.252 e. The molecule has 3 rings (SSSR count). The molecular formula is C17H24N2O2S. The number of hydrogen-bond donors (Lipinski definition) is 1. The van der Waals surface area contributed by atoms with Gasteiger partial charge in [0.25, 0.3) is 5.91 Å². The van der Waals surface area contributed by atoms with Crippen LogP contribution in [-0.2, 0) is 17.6 Å². The Hall–Kier alpha value is -1.36. The maximum atomic E-state index is 12.6. The molecule has 1 saturated heterocycles. The number of nitrogens with one attached hydrogen (secondary N) is 1. The molecule has 1 aliphatic heterocycles. The van der Waals surface area contributed by atoms with Crippen LogP contribution < -0.4 is 5.32 Å². The fourth-order valence-corrected chi connectivity index (χ4v) is 4.71. The SMILES string of the molecule is CC(=O)N1CCC(NC(=O)c2csc3c2CC[C@@H](C)C3)CC1. The van der Waals surface area contributed by atoms with Crippen LogP contribution in [0.3, 0.4) is 0 Å². The fraction of sp³-hybridized carbons (Fsp3) is 0.647. The monoisotopic (exact) mass is 320 g/mol. The summed E-state index contributed by atoms with van der Waals surface area (Å²) in [6.07, 6.45) is 5.04. The quantitative estimate of drug-likeness (QED) is 0.910. The highest BCUT2D eigenvalue weighted by molar-refractivity contribution is 7.10. The van der Waals surface area contributed by atoms with Gasteiger partial charge in [0.15, 0.2) is 0 Å². The molecule has 4 nitrogen and oxygen atoms in total. The van der Waals surface area contributed by atoms with Crippen LogP contribution in [0.4, 0.5) is 0 Å². The lowest BCUT2D eigenvalue weighted by molar-refractivity contribution is -0.129. The average molecular weight is 320 g/mol. The molecule has 2 aliphatic rings. The normalized spacial score (nSPS) is 22.3. The third kappa shape index (κ3) is 3.19. The summed E-state index contributed by atoms with van der Waals surface area (Å²) in [6, 6.07) is 0.196. The van der Waals surface area contributed by atoms with Crippen LogP contribution in [0, 0.1) is 5.92 Å². The van der Waals surface area contributed by atoms with E-state index in [1.165, 1.54) is 16.9 Å². The highest BCUT2D eigenvalue weighted by atomic mass is 32.1. The van der Waals surface area contributed by atoms with Crippen molar-refractivity contribution in [2.75, 3.05) is 13.1 Å². The van der Waals surface area contributed by atoms with Gasteiger partial charge in [0.05, 0.1) is 5.56 Å². The predicted molar refractivity (Wildman–Crippen MR) is 88.3 cm³/mol. The summed E-state index contributed by atoms with van der Waals surface area (Å²) < 4.78 is 0. The summed E-state index contributed by atoms with van der Waals surface area (Å²) in [4.78, 5) is 27.2. The third-order valence-corrected chi connectivity index (χ3v) is 5.97. The van der Waals surface area contributed by atoms with E-state index >= 15 is 0 Å². The summed E-state index contributed by atoms with van der Waals surface area (Å²) in [5.41, 5.74) is 2.17. The standard InChI is InChI=1S/C17H24N2O2S/c1-11-3-4-14-15(10-22-16(14)9-11)17(21)18-13-5-7-19(8-6-13)12(2)20/h10-11,13H,3-9H2,1-2H3,(H,18,21)/t11-/m1/s1. The first-order chi connectivity index (χ1) is 10.5. The van der Waals surface area contributed by atoms with E-state index in [2.05, 4.69) is 12.2 Å². The lowest BCUT2D eigenvalue weighted by Gasteiger charge is -2.31. The molecule has 2 heterocycles. The molecule has 22 heavy (non-hydrogen) atoms. The Morgan fingerprint density at radius 1 is 1.27 bits per heavy atom. The molecule has 0 saturated carbocycles. The largest absolute Gasteiger partial charge is 0.349 e. The lowest BCUT2D eigenvalue weighted by Crippen LogP contribution is -2.46. The zero-order chi connectivity index (χ0) is 15.7. The van der Waals surface area contributed by atoms with E-state index in [9.17, 15) is 9.59 Å². The van der Waals surface area contributed by atoms with E-state index < -0.39 is 0 Å². The topological polar surface area (TPSA) is 49.4 Å². The Balaban J connectivity index is 1.60. The molecule has 1 fully saturated rings. The fourth-order valence-electron chi connectivity index (χ4n) is 3.47. The summed E-state index contributed by atoms with van der Waals surface area (Å²) >= 11 is 1.74. The number of carbonyl (C=O) groups excluding carboxylic acids is 2. The number of thiophene rings is 1. The average Bonchev–Trinajstić information content (AvgIpc) is 2.90.